The van der Waals surface area contributed by atoms with Gasteiger partial charge in [0.2, 0.25) is 5.78 Å². The summed E-state index contributed by atoms with van der Waals surface area (Å²) in [4.78, 5) is 41.2. The molecule has 0 aromatic heterocycles. The molecule has 0 amide bonds. The number of Topliss-reactive ketones (excluding diaryl/α,β-unsaturated/α-hetero) is 1. The number of methoxy groups -OCH3 is 1. The number of fused-ring (bicyclic) bond motifs is 8. The van der Waals surface area contributed by atoms with Gasteiger partial charge in [0.15, 0.2) is 17.9 Å². The predicted molar refractivity (Wildman–Crippen MR) is 218 cm³/mol. The highest BCUT2D eigenvalue weighted by Gasteiger charge is 2.61. The number of aliphatic hydroxyl groups excluding tert-OH is 2. The Morgan fingerprint density at radius 3 is 2.49 bits per heavy atom. The average Bonchev–Trinajstić information content (AvgIpc) is 3.51. The second kappa shape index (κ2) is 14.5. The molecule has 0 radical (unpaired) electrons. The summed E-state index contributed by atoms with van der Waals surface area (Å²) in [6, 6.07) is 7.08. The molecular weight excluding hydrogens is 787 g/mol. The van der Waals surface area contributed by atoms with Gasteiger partial charge in [0.1, 0.15) is 46.9 Å². The number of aromatic hydroxyl groups is 3. The molecule has 2 saturated carbocycles. The largest absolute Gasteiger partial charge is 0.508 e. The Morgan fingerprint density at radius 2 is 1.77 bits per heavy atom. The van der Waals surface area contributed by atoms with Crippen molar-refractivity contribution in [3.63, 3.8) is 0 Å². The van der Waals surface area contributed by atoms with E-state index in [1.54, 1.807) is 19.1 Å². The summed E-state index contributed by atoms with van der Waals surface area (Å²) >= 11 is 0. The second-order valence-electron chi connectivity index (χ2n) is 18.2. The Balaban J connectivity index is 1.05. The lowest BCUT2D eigenvalue weighted by Crippen LogP contribution is -2.52. The molecule has 1 saturated heterocycles. The van der Waals surface area contributed by atoms with Crippen LogP contribution in [0.1, 0.15) is 125 Å². The van der Waals surface area contributed by atoms with Crippen molar-refractivity contribution in [1.82, 2.24) is 0 Å². The third-order valence-corrected chi connectivity index (χ3v) is 15.3. The molecule has 11 atom stereocenters. The van der Waals surface area contributed by atoms with Crippen molar-refractivity contribution in [2.75, 3.05) is 19.0 Å². The van der Waals surface area contributed by atoms with E-state index in [2.05, 4.69) is 18.2 Å². The molecule has 9 rings (SSSR count). The topological polar surface area (TPSA) is 233 Å². The van der Waals surface area contributed by atoms with Crippen molar-refractivity contribution in [1.29, 1.82) is 0 Å². The van der Waals surface area contributed by atoms with Crippen LogP contribution in [-0.4, -0.2) is 103 Å². The van der Waals surface area contributed by atoms with Crippen LogP contribution in [0.3, 0.4) is 0 Å². The van der Waals surface area contributed by atoms with Crippen molar-refractivity contribution < 1.29 is 64.3 Å². The maximum absolute atomic E-state index is 14.1. The first-order valence-corrected chi connectivity index (χ1v) is 21.0. The van der Waals surface area contributed by atoms with Crippen LogP contribution in [0.15, 0.2) is 30.3 Å². The Labute approximate surface area is 352 Å². The van der Waals surface area contributed by atoms with Crippen molar-refractivity contribution in [3.05, 3.63) is 74.8 Å². The summed E-state index contributed by atoms with van der Waals surface area (Å²) in [7, 11) is 1.33. The quantitative estimate of drug-likeness (QED) is 0.0969. The molecule has 3 aromatic carbocycles. The number of nitrogens with one attached hydrogen (secondary N) is 1. The third-order valence-electron chi connectivity index (χ3n) is 15.3. The molecule has 5 aliphatic carbocycles. The molecule has 14 heteroatoms. The minimum atomic E-state index is -2.33. The Bertz CT molecular complexity index is 2420. The number of phenolic OH excluding ortho intramolecular Hbond substituents is 3. The lowest BCUT2D eigenvalue weighted by molar-refractivity contribution is -0.245. The number of benzene rings is 3. The van der Waals surface area contributed by atoms with Crippen LogP contribution in [0.5, 0.6) is 23.0 Å². The summed E-state index contributed by atoms with van der Waals surface area (Å²) in [6.45, 7) is 2.70. The number of ketones is 3. The first kappa shape index (κ1) is 41.3. The second-order valence-corrected chi connectivity index (χ2v) is 18.2. The zero-order valence-electron chi connectivity index (χ0n) is 34.2. The number of hydrogen-bond donors (Lipinski definition) is 8. The van der Waals surface area contributed by atoms with Gasteiger partial charge in [-0.3, -0.25) is 14.4 Å². The molecule has 322 valence electrons. The van der Waals surface area contributed by atoms with E-state index in [1.807, 2.05) is 0 Å². The summed E-state index contributed by atoms with van der Waals surface area (Å²) in [5, 5.41) is 82.9. The van der Waals surface area contributed by atoms with Gasteiger partial charge in [-0.25, -0.2) is 0 Å². The van der Waals surface area contributed by atoms with Gasteiger partial charge < -0.3 is 55.3 Å². The molecular formula is C47H51NO13. The van der Waals surface area contributed by atoms with Crippen LogP contribution in [0.4, 0.5) is 5.69 Å². The molecule has 8 N–H and O–H groups in total. The molecule has 0 bridgehead atoms. The molecule has 61 heavy (non-hydrogen) atoms. The fourth-order valence-electron chi connectivity index (χ4n) is 12.1. The molecule has 1 aliphatic heterocycles. The van der Waals surface area contributed by atoms with Crippen LogP contribution in [-0.2, 0) is 27.1 Å². The van der Waals surface area contributed by atoms with Crippen LogP contribution in [0.25, 0.3) is 0 Å². The van der Waals surface area contributed by atoms with Crippen molar-refractivity contribution in [3.8, 4) is 35.3 Å². The molecule has 0 spiro atoms. The number of carbonyl (C=O) groups excluding carboxylic acids is 3. The lowest BCUT2D eigenvalue weighted by Gasteiger charge is -2.52. The van der Waals surface area contributed by atoms with Gasteiger partial charge in [-0.15, -0.1) is 6.42 Å². The summed E-state index contributed by atoms with van der Waals surface area (Å²) in [5.41, 5.74) is -2.74. The SMILES string of the molecule is C#C[C@]1(O)CC[C@H]2[C@@H]3CCc4cc(O)cc(NC5CC(O[C@H]6C[C@](O)(C(=O)CO)Cc7c(O)c8c(c(O)c76)C(=O)c6c(OC)cccc6C8=O)OC(C)C5O)c4[C@H]3CCC21C. The number of carbonyl (C=O) groups is 3. The van der Waals surface area contributed by atoms with E-state index in [9.17, 15) is 50.1 Å². The van der Waals surface area contributed by atoms with E-state index < -0.39 is 107 Å². The average molecular weight is 838 g/mol. The molecule has 1 heterocycles. The first-order chi connectivity index (χ1) is 29.0. The maximum atomic E-state index is 14.1. The van der Waals surface area contributed by atoms with Crippen LogP contribution < -0.4 is 10.1 Å². The third kappa shape index (κ3) is 6.03. The zero-order chi connectivity index (χ0) is 43.5. The van der Waals surface area contributed by atoms with Gasteiger partial charge in [-0.05, 0) is 86.5 Å². The van der Waals surface area contributed by atoms with Gasteiger partial charge in [-0.2, -0.15) is 0 Å². The van der Waals surface area contributed by atoms with Crippen LogP contribution in [0, 0.1) is 29.6 Å². The highest BCUT2D eigenvalue weighted by molar-refractivity contribution is 6.31. The van der Waals surface area contributed by atoms with Gasteiger partial charge in [0.05, 0.1) is 42.0 Å². The Morgan fingerprint density at radius 1 is 1.02 bits per heavy atom. The van der Waals surface area contributed by atoms with E-state index in [0.29, 0.717) is 18.5 Å². The molecule has 14 nitrogen and oxygen atoms in total. The number of terminal acetylenes is 1. The number of phenols is 3. The van der Waals surface area contributed by atoms with E-state index in [0.717, 1.165) is 36.8 Å². The summed E-state index contributed by atoms with van der Waals surface area (Å²) in [6.07, 6.45) is 4.67. The number of aliphatic hydroxyl groups is 4. The van der Waals surface area contributed by atoms with Gasteiger partial charge >= 0.3 is 0 Å². The number of anilines is 1. The van der Waals surface area contributed by atoms with Gasteiger partial charge in [0, 0.05) is 53.1 Å². The van der Waals surface area contributed by atoms with Crippen LogP contribution in [0.2, 0.25) is 0 Å². The van der Waals surface area contributed by atoms with Gasteiger partial charge in [0.25, 0.3) is 0 Å². The summed E-state index contributed by atoms with van der Waals surface area (Å²) in [5.74, 6) is -0.580. The standard InChI is InChI=1S/C47H51NO13/c1-5-47(58)14-12-28-24-10-9-22-15-23(50)16-29(35(22)25(24)11-13-45(28,47)3)48-30-17-34(60-21(2)40(30)52)61-32-19-46(57,33(51)20-49)18-27-37(32)44(56)39-38(42(27)54)41(53)26-7-6-8-31(59-4)36(26)43(39)55/h1,6-8,15-16,21,24-25,28,30,32,34,40,48-50,52,54,56-58H,9-14,17-20H2,2-4H3/t21?,24-,25+,28+,30?,32+,34?,40?,45?,46+,47+/m1/s1. The van der Waals surface area contributed by atoms with Crippen molar-refractivity contribution in [2.24, 2.45) is 17.3 Å². The summed E-state index contributed by atoms with van der Waals surface area (Å²) < 4.78 is 18.0. The molecule has 3 aromatic rings. The minimum absolute atomic E-state index is 0.0161. The highest BCUT2D eigenvalue weighted by Crippen LogP contribution is 2.65. The normalized spacial score (nSPS) is 34.8. The lowest BCUT2D eigenvalue weighted by atomic mass is 9.53. The fraction of sp³-hybridized carbons (Fsp3) is 0.511. The predicted octanol–water partition coefficient (Wildman–Crippen LogP) is 4.08. The monoisotopic (exact) mass is 837 g/mol. The first-order valence-electron chi connectivity index (χ1n) is 21.0. The van der Waals surface area contributed by atoms with Crippen molar-refractivity contribution in [2.45, 2.75) is 119 Å². The van der Waals surface area contributed by atoms with E-state index in [1.165, 1.54) is 25.3 Å². The molecule has 3 fully saturated rings. The Hall–Kier alpha value is -5.01. The fourth-order valence-corrected chi connectivity index (χ4v) is 12.1. The van der Waals surface area contributed by atoms with Crippen molar-refractivity contribution >= 4 is 23.0 Å². The number of aryl methyl sites for hydroxylation is 1. The molecule has 5 unspecified atom stereocenters. The maximum Gasteiger partial charge on any atom is 0.202 e. The molecule has 6 aliphatic rings. The zero-order valence-corrected chi connectivity index (χ0v) is 34.2. The van der Waals surface area contributed by atoms with Gasteiger partial charge in [-0.1, -0.05) is 25.0 Å². The van der Waals surface area contributed by atoms with E-state index in [4.69, 9.17) is 20.6 Å². The smallest absolute Gasteiger partial charge is 0.202 e. The van der Waals surface area contributed by atoms with E-state index in [-0.39, 0.29) is 57.9 Å². The number of rotatable bonds is 7. The van der Waals surface area contributed by atoms with Crippen LogP contribution >= 0.6 is 0 Å². The van der Waals surface area contributed by atoms with E-state index >= 15 is 0 Å². The minimum Gasteiger partial charge on any atom is -0.508 e. The number of hydrogen-bond acceptors (Lipinski definition) is 14. The Kier molecular flexibility index (Phi) is 9.86. The highest BCUT2D eigenvalue weighted by atomic mass is 16.7. The number of ether oxygens (including phenoxy) is 3.